The molecule has 0 aliphatic carbocycles. The van der Waals surface area contributed by atoms with Crippen molar-refractivity contribution in [1.82, 2.24) is 5.32 Å². The second-order valence-electron chi connectivity index (χ2n) is 3.59. The van der Waals surface area contributed by atoms with Crippen molar-refractivity contribution in [3.8, 4) is 0 Å². The van der Waals surface area contributed by atoms with Gasteiger partial charge in [0, 0.05) is 12.6 Å². The lowest BCUT2D eigenvalue weighted by molar-refractivity contribution is 0.589. The summed E-state index contributed by atoms with van der Waals surface area (Å²) < 4.78 is 0. The summed E-state index contributed by atoms with van der Waals surface area (Å²) in [5.41, 5.74) is 2.50. The van der Waals surface area contributed by atoms with Crippen LogP contribution in [0.5, 0.6) is 0 Å². The van der Waals surface area contributed by atoms with Crippen molar-refractivity contribution in [3.63, 3.8) is 0 Å². The molecule has 0 heterocycles. The quantitative estimate of drug-likeness (QED) is 0.723. The lowest BCUT2D eigenvalue weighted by atomic mass is 10.1. The van der Waals surface area contributed by atoms with Gasteiger partial charge in [0.1, 0.15) is 0 Å². The van der Waals surface area contributed by atoms with Crippen LogP contribution in [0.3, 0.4) is 0 Å². The zero-order valence-corrected chi connectivity index (χ0v) is 9.59. The monoisotopic (exact) mass is 207 g/mol. The van der Waals surface area contributed by atoms with Gasteiger partial charge in [0.2, 0.25) is 0 Å². The van der Waals surface area contributed by atoms with Crippen LogP contribution in [0.4, 0.5) is 0 Å². The SMILES string of the molecule is CC(C)NCc1ccc(/C=C/S)cc1. The highest BCUT2D eigenvalue weighted by Gasteiger charge is 1.94. The van der Waals surface area contributed by atoms with Crippen LogP contribution in [0.2, 0.25) is 0 Å². The topological polar surface area (TPSA) is 12.0 Å². The fourth-order valence-corrected chi connectivity index (χ4v) is 1.33. The smallest absolute Gasteiger partial charge is 0.0207 e. The highest BCUT2D eigenvalue weighted by atomic mass is 32.1. The Kier molecular flexibility index (Phi) is 4.77. The number of hydrogen-bond donors (Lipinski definition) is 2. The Labute approximate surface area is 91.6 Å². The second-order valence-corrected chi connectivity index (χ2v) is 3.89. The maximum atomic E-state index is 4.03. The number of rotatable bonds is 4. The molecule has 0 saturated heterocycles. The normalized spacial score (nSPS) is 11.4. The van der Waals surface area contributed by atoms with Gasteiger partial charge in [-0.2, -0.15) is 12.6 Å². The Balaban J connectivity index is 2.55. The Morgan fingerprint density at radius 2 is 1.93 bits per heavy atom. The molecule has 1 N–H and O–H groups in total. The molecule has 0 atom stereocenters. The third kappa shape index (κ3) is 3.99. The zero-order chi connectivity index (χ0) is 10.4. The van der Waals surface area contributed by atoms with Crippen molar-refractivity contribution in [2.75, 3.05) is 0 Å². The van der Waals surface area contributed by atoms with Crippen molar-refractivity contribution in [2.45, 2.75) is 26.4 Å². The summed E-state index contributed by atoms with van der Waals surface area (Å²) >= 11 is 4.03. The van der Waals surface area contributed by atoms with Crippen LogP contribution >= 0.6 is 12.6 Å². The third-order valence-electron chi connectivity index (χ3n) is 1.96. The summed E-state index contributed by atoms with van der Waals surface area (Å²) in [4.78, 5) is 0. The molecule has 14 heavy (non-hydrogen) atoms. The van der Waals surface area contributed by atoms with Crippen molar-refractivity contribution < 1.29 is 0 Å². The van der Waals surface area contributed by atoms with E-state index < -0.39 is 0 Å². The molecule has 0 aliphatic rings. The molecule has 1 aromatic rings. The van der Waals surface area contributed by atoms with Crippen LogP contribution in [-0.2, 0) is 6.54 Å². The van der Waals surface area contributed by atoms with E-state index in [1.54, 1.807) is 5.41 Å². The van der Waals surface area contributed by atoms with Crippen LogP contribution in [-0.4, -0.2) is 6.04 Å². The van der Waals surface area contributed by atoms with Gasteiger partial charge in [-0.3, -0.25) is 0 Å². The minimum Gasteiger partial charge on any atom is -0.310 e. The van der Waals surface area contributed by atoms with E-state index >= 15 is 0 Å². The van der Waals surface area contributed by atoms with Gasteiger partial charge in [-0.25, -0.2) is 0 Å². The lowest BCUT2D eigenvalue weighted by Gasteiger charge is -2.07. The largest absolute Gasteiger partial charge is 0.310 e. The summed E-state index contributed by atoms with van der Waals surface area (Å²) in [5.74, 6) is 0. The maximum absolute atomic E-state index is 4.03. The highest BCUT2D eigenvalue weighted by Crippen LogP contribution is 2.06. The van der Waals surface area contributed by atoms with Crippen LogP contribution < -0.4 is 5.32 Å². The molecule has 2 heteroatoms. The average molecular weight is 207 g/mol. The van der Waals surface area contributed by atoms with E-state index in [1.807, 2.05) is 6.08 Å². The summed E-state index contributed by atoms with van der Waals surface area (Å²) in [6.07, 6.45) is 1.97. The average Bonchev–Trinajstić information content (AvgIpc) is 2.17. The van der Waals surface area contributed by atoms with Gasteiger partial charge in [-0.05, 0) is 22.6 Å². The first kappa shape index (κ1) is 11.3. The van der Waals surface area contributed by atoms with Gasteiger partial charge in [0.05, 0.1) is 0 Å². The number of hydrogen-bond acceptors (Lipinski definition) is 2. The van der Waals surface area contributed by atoms with Gasteiger partial charge in [-0.1, -0.05) is 38.1 Å². The molecular formula is C12H17NS. The first-order valence-corrected chi connectivity index (χ1v) is 5.37. The second kappa shape index (κ2) is 5.89. The van der Waals surface area contributed by atoms with E-state index in [4.69, 9.17) is 0 Å². The van der Waals surface area contributed by atoms with E-state index in [1.165, 1.54) is 11.1 Å². The highest BCUT2D eigenvalue weighted by molar-refractivity contribution is 7.83. The Morgan fingerprint density at radius 1 is 1.29 bits per heavy atom. The summed E-state index contributed by atoms with van der Waals surface area (Å²) in [6.45, 7) is 5.23. The summed E-state index contributed by atoms with van der Waals surface area (Å²) in [5, 5.41) is 5.13. The first-order chi connectivity index (χ1) is 6.72. The molecular weight excluding hydrogens is 190 g/mol. The van der Waals surface area contributed by atoms with Gasteiger partial charge in [0.25, 0.3) is 0 Å². The summed E-state index contributed by atoms with van der Waals surface area (Å²) in [7, 11) is 0. The molecule has 0 aromatic heterocycles. The molecule has 0 fully saturated rings. The van der Waals surface area contributed by atoms with Crippen molar-refractivity contribution in [2.24, 2.45) is 0 Å². The van der Waals surface area contributed by atoms with Crippen molar-refractivity contribution in [1.29, 1.82) is 0 Å². The third-order valence-corrected chi connectivity index (χ3v) is 2.11. The molecule has 1 aromatic carbocycles. The minimum absolute atomic E-state index is 0.534. The fourth-order valence-electron chi connectivity index (χ4n) is 1.15. The maximum Gasteiger partial charge on any atom is 0.0207 e. The summed E-state index contributed by atoms with van der Waals surface area (Å²) in [6, 6.07) is 9.01. The van der Waals surface area contributed by atoms with E-state index in [9.17, 15) is 0 Å². The molecule has 1 rings (SSSR count). The molecule has 0 unspecified atom stereocenters. The Hall–Kier alpha value is -0.730. The molecule has 76 valence electrons. The Bertz CT molecular complexity index is 288. The van der Waals surface area contributed by atoms with E-state index in [2.05, 4.69) is 56.1 Å². The molecule has 0 saturated carbocycles. The molecule has 0 amide bonds. The van der Waals surface area contributed by atoms with Crippen LogP contribution in [0.25, 0.3) is 6.08 Å². The number of benzene rings is 1. The zero-order valence-electron chi connectivity index (χ0n) is 8.70. The predicted octanol–water partition coefficient (Wildman–Crippen LogP) is 3.09. The standard InChI is InChI=1S/C12H17NS/c1-10(2)13-9-12-5-3-11(4-6-12)7-8-14/h3-8,10,13-14H,9H2,1-2H3/b8-7+. The van der Waals surface area contributed by atoms with E-state index in [-0.39, 0.29) is 0 Å². The molecule has 1 nitrogen and oxygen atoms in total. The number of nitrogens with one attached hydrogen (secondary N) is 1. The van der Waals surface area contributed by atoms with Crippen molar-refractivity contribution in [3.05, 3.63) is 40.8 Å². The van der Waals surface area contributed by atoms with Gasteiger partial charge in [-0.15, -0.1) is 0 Å². The van der Waals surface area contributed by atoms with Crippen molar-refractivity contribution >= 4 is 18.7 Å². The van der Waals surface area contributed by atoms with Gasteiger partial charge in [0.15, 0.2) is 0 Å². The van der Waals surface area contributed by atoms with Gasteiger partial charge >= 0.3 is 0 Å². The van der Waals surface area contributed by atoms with Gasteiger partial charge < -0.3 is 5.32 Å². The lowest BCUT2D eigenvalue weighted by Crippen LogP contribution is -2.21. The Morgan fingerprint density at radius 3 is 2.43 bits per heavy atom. The molecule has 0 radical (unpaired) electrons. The van der Waals surface area contributed by atoms with E-state index in [0.717, 1.165) is 6.54 Å². The first-order valence-electron chi connectivity index (χ1n) is 4.85. The van der Waals surface area contributed by atoms with Crippen LogP contribution in [0, 0.1) is 0 Å². The number of thiol groups is 1. The predicted molar refractivity (Wildman–Crippen MR) is 66.4 cm³/mol. The van der Waals surface area contributed by atoms with E-state index in [0.29, 0.717) is 6.04 Å². The molecule has 0 bridgehead atoms. The molecule has 0 aliphatic heterocycles. The van der Waals surface area contributed by atoms with Crippen LogP contribution in [0.15, 0.2) is 29.7 Å². The molecule has 0 spiro atoms. The minimum atomic E-state index is 0.534. The fraction of sp³-hybridized carbons (Fsp3) is 0.333. The van der Waals surface area contributed by atoms with Crippen LogP contribution in [0.1, 0.15) is 25.0 Å².